The maximum Gasteiger partial charge on any atom is 0.416 e. The summed E-state index contributed by atoms with van der Waals surface area (Å²) in [5.74, 6) is -1.25. The van der Waals surface area contributed by atoms with Crippen LogP contribution in [0.15, 0.2) is 18.2 Å². The number of benzene rings is 1. The molecule has 6 nitrogen and oxygen atoms in total. The summed E-state index contributed by atoms with van der Waals surface area (Å²) in [6, 6.07) is 0.932. The number of carbonyl (C=O) groups is 2. The number of likely N-dealkylation sites (tertiary alicyclic amines) is 1. The highest BCUT2D eigenvalue weighted by atomic mass is 19.4. The van der Waals surface area contributed by atoms with E-state index in [0.29, 0.717) is 64.0 Å². The van der Waals surface area contributed by atoms with Crippen LogP contribution in [0, 0.1) is 5.92 Å². The molecule has 12 heteroatoms. The number of hydrogen-bond acceptors (Lipinski definition) is 4. The van der Waals surface area contributed by atoms with Crippen molar-refractivity contribution >= 4 is 17.5 Å². The Morgan fingerprint density at radius 2 is 1.52 bits per heavy atom. The lowest BCUT2D eigenvalue weighted by molar-refractivity contribution is -0.155. The Morgan fingerprint density at radius 3 is 2.00 bits per heavy atom. The summed E-state index contributed by atoms with van der Waals surface area (Å²) < 4.78 is 77.9. The van der Waals surface area contributed by atoms with Crippen molar-refractivity contribution in [3.05, 3.63) is 29.3 Å². The third-order valence-corrected chi connectivity index (χ3v) is 6.08. The molecule has 0 atom stereocenters. The second-order valence-electron chi connectivity index (χ2n) is 8.56. The van der Waals surface area contributed by atoms with Crippen LogP contribution in [0.1, 0.15) is 43.2 Å². The van der Waals surface area contributed by atoms with Crippen molar-refractivity contribution in [3.8, 4) is 0 Å². The van der Waals surface area contributed by atoms with E-state index in [9.17, 15) is 41.0 Å². The van der Waals surface area contributed by atoms with Crippen LogP contribution in [0.5, 0.6) is 0 Å². The van der Waals surface area contributed by atoms with E-state index in [1.807, 2.05) is 0 Å². The van der Waals surface area contributed by atoms with Crippen molar-refractivity contribution in [2.24, 2.45) is 5.92 Å². The lowest BCUT2D eigenvalue weighted by atomic mass is 9.88. The van der Waals surface area contributed by atoms with Crippen LogP contribution < -0.4 is 10.6 Å². The van der Waals surface area contributed by atoms with Gasteiger partial charge in [0.05, 0.1) is 11.1 Å². The van der Waals surface area contributed by atoms with Crippen molar-refractivity contribution in [1.82, 2.24) is 10.2 Å². The number of nitrogens with zero attached hydrogens (tertiary/aromatic N) is 1. The second-order valence-corrected chi connectivity index (χ2v) is 8.56. The van der Waals surface area contributed by atoms with E-state index in [1.54, 1.807) is 4.90 Å². The zero-order chi connectivity index (χ0) is 24.4. The molecule has 33 heavy (non-hydrogen) atoms. The minimum Gasteiger partial charge on any atom is -0.380 e. The quantitative estimate of drug-likeness (QED) is 0.576. The molecule has 0 aliphatic carbocycles. The minimum absolute atomic E-state index is 0.00130. The van der Waals surface area contributed by atoms with Crippen molar-refractivity contribution < 1.29 is 41.0 Å². The lowest BCUT2D eigenvalue weighted by Crippen LogP contribution is -2.55. The number of nitrogens with one attached hydrogen (secondary N) is 2. The van der Waals surface area contributed by atoms with E-state index >= 15 is 0 Å². The van der Waals surface area contributed by atoms with E-state index in [0.717, 1.165) is 0 Å². The standard InChI is InChI=1S/C21H25F6N3O3/c22-20(23,24)14-10-15(21(25,26)27)12-16(11-14)29-17(31)9-13-1-7-30(8-2-13)18(32)19(33)3-5-28-6-4-19/h10-13,28,33H,1-9H2,(H,29,31). The molecule has 0 unspecified atom stereocenters. The van der Waals surface area contributed by atoms with Crippen LogP contribution in [0.2, 0.25) is 0 Å². The van der Waals surface area contributed by atoms with Gasteiger partial charge in [-0.2, -0.15) is 26.3 Å². The van der Waals surface area contributed by atoms with Gasteiger partial charge in [0.15, 0.2) is 0 Å². The zero-order valence-electron chi connectivity index (χ0n) is 17.7. The Balaban J connectivity index is 1.58. The lowest BCUT2D eigenvalue weighted by Gasteiger charge is -2.39. The van der Waals surface area contributed by atoms with Crippen LogP contribution in [0.25, 0.3) is 0 Å². The van der Waals surface area contributed by atoms with Gasteiger partial charge in [-0.25, -0.2) is 0 Å². The summed E-state index contributed by atoms with van der Waals surface area (Å²) in [7, 11) is 0. The molecule has 2 fully saturated rings. The molecule has 184 valence electrons. The predicted molar refractivity (Wildman–Crippen MR) is 106 cm³/mol. The summed E-state index contributed by atoms with van der Waals surface area (Å²) in [5, 5.41) is 15.8. The Bertz CT molecular complexity index is 841. The molecule has 2 amide bonds. The molecule has 2 aliphatic rings. The van der Waals surface area contributed by atoms with E-state index in [-0.39, 0.29) is 24.3 Å². The summed E-state index contributed by atoms with van der Waals surface area (Å²) in [6.07, 6.45) is -8.62. The second kappa shape index (κ2) is 9.49. The van der Waals surface area contributed by atoms with Crippen molar-refractivity contribution in [2.75, 3.05) is 31.5 Å². The van der Waals surface area contributed by atoms with E-state index < -0.39 is 40.7 Å². The molecule has 1 aromatic carbocycles. The van der Waals surface area contributed by atoms with Gasteiger partial charge in [-0.15, -0.1) is 0 Å². The fourth-order valence-corrected chi connectivity index (χ4v) is 4.19. The fourth-order valence-electron chi connectivity index (χ4n) is 4.19. The van der Waals surface area contributed by atoms with E-state index in [1.165, 1.54) is 0 Å². The van der Waals surface area contributed by atoms with Gasteiger partial charge in [0.1, 0.15) is 5.60 Å². The minimum atomic E-state index is -5.00. The molecule has 0 spiro atoms. The van der Waals surface area contributed by atoms with Gasteiger partial charge in [0.2, 0.25) is 5.91 Å². The van der Waals surface area contributed by atoms with Gasteiger partial charge in [-0.1, -0.05) is 0 Å². The number of aliphatic hydroxyl groups is 1. The molecule has 1 aromatic rings. The number of carbonyl (C=O) groups excluding carboxylic acids is 2. The maximum atomic E-state index is 13.0. The average molecular weight is 481 g/mol. The number of anilines is 1. The first-order chi connectivity index (χ1) is 15.3. The molecule has 0 saturated carbocycles. The van der Waals surface area contributed by atoms with Gasteiger partial charge >= 0.3 is 12.4 Å². The van der Waals surface area contributed by atoms with Gasteiger partial charge < -0.3 is 20.6 Å². The van der Waals surface area contributed by atoms with Crippen LogP contribution >= 0.6 is 0 Å². The number of amides is 2. The summed E-state index contributed by atoms with van der Waals surface area (Å²) in [4.78, 5) is 26.5. The van der Waals surface area contributed by atoms with Gasteiger partial charge in [0.25, 0.3) is 5.91 Å². The highest BCUT2D eigenvalue weighted by molar-refractivity contribution is 5.91. The van der Waals surface area contributed by atoms with E-state index in [4.69, 9.17) is 0 Å². The smallest absolute Gasteiger partial charge is 0.380 e. The SMILES string of the molecule is O=C(CC1CCN(C(=O)C2(O)CCNCC2)CC1)Nc1cc(C(F)(F)F)cc(C(F)(F)F)c1. The Hall–Kier alpha value is -2.34. The first kappa shape index (κ1) is 25.3. The normalized spacial score (nSPS) is 19.9. The topological polar surface area (TPSA) is 81.7 Å². The Kier molecular flexibility index (Phi) is 7.27. The molecule has 2 saturated heterocycles. The molecular weight excluding hydrogens is 456 g/mol. The van der Waals surface area contributed by atoms with Crippen molar-refractivity contribution in [2.45, 2.75) is 50.1 Å². The highest BCUT2D eigenvalue weighted by Crippen LogP contribution is 2.37. The van der Waals surface area contributed by atoms with Crippen LogP contribution in [-0.2, 0) is 21.9 Å². The maximum absolute atomic E-state index is 13.0. The van der Waals surface area contributed by atoms with Gasteiger partial charge in [-0.05, 0) is 62.9 Å². The summed E-state index contributed by atoms with van der Waals surface area (Å²) in [6.45, 7) is 1.69. The van der Waals surface area contributed by atoms with Gasteiger partial charge in [0, 0.05) is 25.2 Å². The van der Waals surface area contributed by atoms with Crippen molar-refractivity contribution in [1.29, 1.82) is 0 Å². The number of hydrogen-bond donors (Lipinski definition) is 3. The van der Waals surface area contributed by atoms with Crippen molar-refractivity contribution in [3.63, 3.8) is 0 Å². The number of piperidine rings is 2. The average Bonchev–Trinajstić information content (AvgIpc) is 2.73. The first-order valence-corrected chi connectivity index (χ1v) is 10.6. The third-order valence-electron chi connectivity index (χ3n) is 6.08. The molecule has 2 heterocycles. The van der Waals surface area contributed by atoms with E-state index in [2.05, 4.69) is 10.6 Å². The van der Waals surface area contributed by atoms with Crippen LogP contribution in [0.3, 0.4) is 0 Å². The highest BCUT2D eigenvalue weighted by Gasteiger charge is 2.41. The molecule has 3 N–H and O–H groups in total. The predicted octanol–water partition coefficient (Wildman–Crippen LogP) is 3.41. The molecule has 3 rings (SSSR count). The largest absolute Gasteiger partial charge is 0.416 e. The Labute approximate surface area is 186 Å². The molecule has 2 aliphatic heterocycles. The summed E-state index contributed by atoms with van der Waals surface area (Å²) >= 11 is 0. The third kappa shape index (κ3) is 6.38. The van der Waals surface area contributed by atoms with Crippen LogP contribution in [-0.4, -0.2) is 53.6 Å². The molecule has 0 bridgehead atoms. The fraction of sp³-hybridized carbons (Fsp3) is 0.619. The van der Waals surface area contributed by atoms with Gasteiger partial charge in [-0.3, -0.25) is 9.59 Å². The summed E-state index contributed by atoms with van der Waals surface area (Å²) in [5.41, 5.74) is -5.00. The zero-order valence-corrected chi connectivity index (χ0v) is 17.7. The first-order valence-electron chi connectivity index (χ1n) is 10.6. The number of rotatable bonds is 4. The molecular formula is C21H25F6N3O3. The molecule has 0 aromatic heterocycles. The van der Waals surface area contributed by atoms with Crippen LogP contribution in [0.4, 0.5) is 32.0 Å². The monoisotopic (exact) mass is 481 g/mol. The Morgan fingerprint density at radius 1 is 1.00 bits per heavy atom. The number of halogens is 6. The molecule has 0 radical (unpaired) electrons. The number of alkyl halides is 6.